The molecule has 1 aliphatic carbocycles. The van der Waals surface area contributed by atoms with Gasteiger partial charge in [0.15, 0.2) is 11.5 Å². The molecule has 1 aromatic rings. The van der Waals surface area contributed by atoms with E-state index in [0.29, 0.717) is 28.7 Å². The Labute approximate surface area is 161 Å². The van der Waals surface area contributed by atoms with Gasteiger partial charge in [0, 0.05) is 19.2 Å². The molecule has 27 heavy (non-hydrogen) atoms. The van der Waals surface area contributed by atoms with Crippen LogP contribution < -0.4 is 19.5 Å². The Morgan fingerprint density at radius 1 is 1.04 bits per heavy atom. The van der Waals surface area contributed by atoms with E-state index < -0.39 is 0 Å². The second kappa shape index (κ2) is 10.0. The maximum Gasteiger partial charge on any atom is 0.251 e. The first-order valence-corrected chi connectivity index (χ1v) is 9.32. The Balaban J connectivity index is 1.95. The van der Waals surface area contributed by atoms with Gasteiger partial charge in [-0.25, -0.2) is 0 Å². The molecule has 0 saturated heterocycles. The molecule has 0 radical (unpaired) electrons. The number of methoxy groups -OCH3 is 3. The third-order valence-electron chi connectivity index (χ3n) is 5.01. The highest BCUT2D eigenvalue weighted by Crippen LogP contribution is 2.38. The summed E-state index contributed by atoms with van der Waals surface area (Å²) in [6.45, 7) is 0.706. The van der Waals surface area contributed by atoms with Gasteiger partial charge in [-0.3, -0.25) is 9.59 Å². The van der Waals surface area contributed by atoms with Crippen molar-refractivity contribution < 1.29 is 23.8 Å². The van der Waals surface area contributed by atoms with Crippen molar-refractivity contribution in [3.8, 4) is 17.2 Å². The van der Waals surface area contributed by atoms with Crippen molar-refractivity contribution in [1.29, 1.82) is 0 Å². The number of nitrogens with zero attached hydrogens (tertiary/aromatic N) is 1. The Kier molecular flexibility index (Phi) is 7.76. The van der Waals surface area contributed by atoms with Crippen LogP contribution in [0.2, 0.25) is 0 Å². The van der Waals surface area contributed by atoms with Gasteiger partial charge in [-0.15, -0.1) is 0 Å². The van der Waals surface area contributed by atoms with Crippen LogP contribution in [0.3, 0.4) is 0 Å². The number of carbonyl (C=O) groups is 2. The molecule has 0 heterocycles. The Morgan fingerprint density at radius 2 is 1.63 bits per heavy atom. The molecule has 1 fully saturated rings. The first kappa shape index (κ1) is 20.9. The van der Waals surface area contributed by atoms with E-state index in [0.717, 1.165) is 6.54 Å². The molecule has 0 atom stereocenters. The van der Waals surface area contributed by atoms with Gasteiger partial charge in [-0.1, -0.05) is 19.3 Å². The van der Waals surface area contributed by atoms with Crippen molar-refractivity contribution in [1.82, 2.24) is 10.2 Å². The SMILES string of the molecule is COc1cc(C(=O)NCC(=O)N(C)CC2CCCCC2)cc(OC)c1OC. The van der Waals surface area contributed by atoms with Crippen LogP contribution in [0.1, 0.15) is 42.5 Å². The molecule has 0 bridgehead atoms. The zero-order valence-corrected chi connectivity index (χ0v) is 16.7. The van der Waals surface area contributed by atoms with Crippen molar-refractivity contribution >= 4 is 11.8 Å². The van der Waals surface area contributed by atoms with E-state index in [1.165, 1.54) is 53.4 Å². The quantitative estimate of drug-likeness (QED) is 0.752. The van der Waals surface area contributed by atoms with Gasteiger partial charge in [0.2, 0.25) is 11.7 Å². The zero-order chi connectivity index (χ0) is 19.8. The molecule has 0 unspecified atom stereocenters. The Bertz CT molecular complexity index is 631. The molecule has 1 aromatic carbocycles. The molecule has 0 aromatic heterocycles. The second-order valence-corrected chi connectivity index (χ2v) is 6.87. The highest BCUT2D eigenvalue weighted by atomic mass is 16.5. The van der Waals surface area contributed by atoms with Crippen molar-refractivity contribution in [2.45, 2.75) is 32.1 Å². The first-order chi connectivity index (χ1) is 13.0. The van der Waals surface area contributed by atoms with Crippen LogP contribution in [-0.2, 0) is 4.79 Å². The molecule has 2 amide bonds. The van der Waals surface area contributed by atoms with Crippen LogP contribution in [0.5, 0.6) is 17.2 Å². The minimum Gasteiger partial charge on any atom is -0.493 e. The molecule has 7 heteroatoms. The Hall–Kier alpha value is -2.44. The predicted octanol–water partition coefficient (Wildman–Crippen LogP) is 2.48. The maximum atomic E-state index is 12.5. The summed E-state index contributed by atoms with van der Waals surface area (Å²) in [5.41, 5.74) is 0.340. The summed E-state index contributed by atoms with van der Waals surface area (Å²) in [6, 6.07) is 3.12. The number of hydrogen-bond acceptors (Lipinski definition) is 5. The number of rotatable bonds is 8. The minimum absolute atomic E-state index is 0.0429. The normalized spacial score (nSPS) is 14.4. The van der Waals surface area contributed by atoms with E-state index in [-0.39, 0.29) is 18.4 Å². The predicted molar refractivity (Wildman–Crippen MR) is 103 cm³/mol. The highest BCUT2D eigenvalue weighted by Gasteiger charge is 2.20. The summed E-state index contributed by atoms with van der Waals surface area (Å²) in [6.07, 6.45) is 6.12. The van der Waals surface area contributed by atoms with Crippen LogP contribution in [-0.4, -0.2) is 58.2 Å². The lowest BCUT2D eigenvalue weighted by Crippen LogP contribution is -2.40. The summed E-state index contributed by atoms with van der Waals surface area (Å²) in [7, 11) is 6.27. The molecular weight excluding hydrogens is 348 g/mol. The lowest BCUT2D eigenvalue weighted by Gasteiger charge is -2.27. The number of carbonyl (C=O) groups excluding carboxylic acids is 2. The van der Waals surface area contributed by atoms with Crippen molar-refractivity contribution in [2.75, 3.05) is 41.5 Å². The first-order valence-electron chi connectivity index (χ1n) is 9.32. The summed E-state index contributed by atoms with van der Waals surface area (Å²) in [5, 5.41) is 2.67. The highest BCUT2D eigenvalue weighted by molar-refractivity contribution is 5.97. The standard InChI is InChI=1S/C20H30N2O5/c1-22(13-14-8-6-5-7-9-14)18(23)12-21-20(24)15-10-16(25-2)19(27-4)17(11-15)26-3/h10-11,14H,5-9,12-13H2,1-4H3,(H,21,24). The maximum absolute atomic E-state index is 12.5. The van der Waals surface area contributed by atoms with E-state index in [1.54, 1.807) is 24.1 Å². The fourth-order valence-electron chi connectivity index (χ4n) is 3.46. The molecular formula is C20H30N2O5. The smallest absolute Gasteiger partial charge is 0.251 e. The molecule has 2 rings (SSSR count). The van der Waals surface area contributed by atoms with Gasteiger partial charge < -0.3 is 24.4 Å². The number of nitrogens with one attached hydrogen (secondary N) is 1. The van der Waals surface area contributed by atoms with Gasteiger partial charge in [0.1, 0.15) is 0 Å². The van der Waals surface area contributed by atoms with E-state index in [1.807, 2.05) is 0 Å². The summed E-state index contributed by atoms with van der Waals surface area (Å²) in [4.78, 5) is 26.5. The van der Waals surface area contributed by atoms with Gasteiger partial charge >= 0.3 is 0 Å². The van der Waals surface area contributed by atoms with Crippen molar-refractivity contribution in [2.24, 2.45) is 5.92 Å². The molecule has 1 saturated carbocycles. The summed E-state index contributed by atoms with van der Waals surface area (Å²) in [5.74, 6) is 1.30. The van der Waals surface area contributed by atoms with E-state index >= 15 is 0 Å². The fourth-order valence-corrected chi connectivity index (χ4v) is 3.46. The molecule has 7 nitrogen and oxygen atoms in total. The molecule has 1 N–H and O–H groups in total. The van der Waals surface area contributed by atoms with Crippen molar-refractivity contribution in [3.05, 3.63) is 17.7 Å². The number of hydrogen-bond donors (Lipinski definition) is 1. The summed E-state index contributed by atoms with van der Waals surface area (Å²) < 4.78 is 15.8. The number of ether oxygens (including phenoxy) is 3. The average molecular weight is 378 g/mol. The monoisotopic (exact) mass is 378 g/mol. The topological polar surface area (TPSA) is 77.1 Å². The van der Waals surface area contributed by atoms with Gasteiger partial charge in [0.25, 0.3) is 5.91 Å². The van der Waals surface area contributed by atoms with Crippen LogP contribution in [0.25, 0.3) is 0 Å². The molecule has 0 aliphatic heterocycles. The fraction of sp³-hybridized carbons (Fsp3) is 0.600. The molecule has 150 valence electrons. The van der Waals surface area contributed by atoms with E-state index in [9.17, 15) is 9.59 Å². The van der Waals surface area contributed by atoms with Crippen LogP contribution in [0, 0.1) is 5.92 Å². The third-order valence-corrected chi connectivity index (χ3v) is 5.01. The third kappa shape index (κ3) is 5.52. The zero-order valence-electron chi connectivity index (χ0n) is 16.7. The van der Waals surface area contributed by atoms with Crippen LogP contribution in [0.4, 0.5) is 0 Å². The largest absolute Gasteiger partial charge is 0.493 e. The number of benzene rings is 1. The van der Waals surface area contributed by atoms with Crippen molar-refractivity contribution in [3.63, 3.8) is 0 Å². The lowest BCUT2D eigenvalue weighted by atomic mass is 9.89. The molecule has 0 spiro atoms. The number of amides is 2. The van der Waals surface area contributed by atoms with Gasteiger partial charge in [-0.05, 0) is 30.9 Å². The lowest BCUT2D eigenvalue weighted by molar-refractivity contribution is -0.129. The van der Waals surface area contributed by atoms with Crippen LogP contribution >= 0.6 is 0 Å². The number of likely N-dealkylation sites (N-methyl/N-ethyl adjacent to an activating group) is 1. The Morgan fingerprint density at radius 3 is 2.15 bits per heavy atom. The second-order valence-electron chi connectivity index (χ2n) is 6.87. The van der Waals surface area contributed by atoms with E-state index in [4.69, 9.17) is 14.2 Å². The van der Waals surface area contributed by atoms with Crippen LogP contribution in [0.15, 0.2) is 12.1 Å². The summed E-state index contributed by atoms with van der Waals surface area (Å²) >= 11 is 0. The van der Waals surface area contributed by atoms with E-state index in [2.05, 4.69) is 5.32 Å². The molecule has 1 aliphatic rings. The van der Waals surface area contributed by atoms with Gasteiger partial charge in [-0.2, -0.15) is 0 Å². The van der Waals surface area contributed by atoms with Gasteiger partial charge in [0.05, 0.1) is 27.9 Å². The minimum atomic E-state index is -0.367. The average Bonchev–Trinajstić information content (AvgIpc) is 2.71.